The highest BCUT2D eigenvalue weighted by Gasteiger charge is 2.36. The number of ether oxygens (including phenoxy) is 2. The molecule has 0 N–H and O–H groups in total. The van der Waals surface area contributed by atoms with Gasteiger partial charge in [-0.3, -0.25) is 4.68 Å². The van der Waals surface area contributed by atoms with Crippen LogP contribution in [0.3, 0.4) is 0 Å². The summed E-state index contributed by atoms with van der Waals surface area (Å²) >= 11 is 0. The second-order valence-electron chi connectivity index (χ2n) is 12.7. The van der Waals surface area contributed by atoms with Crippen molar-refractivity contribution in [2.24, 2.45) is 5.92 Å². The van der Waals surface area contributed by atoms with Crippen LogP contribution in [0.1, 0.15) is 44.4 Å². The number of halogens is 2. The second kappa shape index (κ2) is 14.2. The minimum atomic E-state index is -0.656. The van der Waals surface area contributed by atoms with Crippen molar-refractivity contribution in [3.63, 3.8) is 0 Å². The molecule has 0 saturated carbocycles. The number of rotatable bonds is 11. The normalized spacial score (nSPS) is 19.3. The Bertz CT molecular complexity index is 1890. The lowest BCUT2D eigenvalue weighted by Gasteiger charge is -2.37. The molecule has 2 saturated heterocycles. The molecule has 5 aromatic rings. The Labute approximate surface area is 283 Å². The van der Waals surface area contributed by atoms with Crippen LogP contribution in [0.4, 0.5) is 20.2 Å². The number of piperazine rings is 1. The summed E-state index contributed by atoms with van der Waals surface area (Å²) in [5.41, 5.74) is 3.14. The molecule has 0 bridgehead atoms. The summed E-state index contributed by atoms with van der Waals surface area (Å²) in [5, 5.41) is 8.45. The van der Waals surface area contributed by atoms with Crippen LogP contribution in [0, 0.1) is 17.6 Å². The summed E-state index contributed by atoms with van der Waals surface area (Å²) in [4.78, 5) is 21.5. The predicted molar refractivity (Wildman–Crippen MR) is 181 cm³/mol. The van der Waals surface area contributed by atoms with Crippen molar-refractivity contribution >= 4 is 11.4 Å². The standard InChI is InChI=1S/C36H40F2N8O3/c1-3-25(2)46-36(47)45(24-41-46)30-7-5-28(6-8-30)42-14-16-43(17-15-42)29-9-11-31(12-10-29)49-35(33-13-4-27(37)19-34(33)38)26-18-32(48-21-26)20-44-23-39-22-40-44/h4-13,19,22-26,32,35H,3,14-18,20-21H2,1-2H3/t25-,26-,32+,35?/m1/s1. The van der Waals surface area contributed by atoms with Crippen LogP contribution in [-0.2, 0) is 11.3 Å². The summed E-state index contributed by atoms with van der Waals surface area (Å²) in [7, 11) is 0. The summed E-state index contributed by atoms with van der Waals surface area (Å²) in [5.74, 6) is -0.806. The van der Waals surface area contributed by atoms with E-state index in [2.05, 4.69) is 37.1 Å². The zero-order chi connectivity index (χ0) is 33.9. The smallest absolute Gasteiger partial charge is 0.350 e. The highest BCUT2D eigenvalue weighted by atomic mass is 19.1. The number of hydrogen-bond acceptors (Lipinski definition) is 8. The molecule has 4 heterocycles. The first-order chi connectivity index (χ1) is 23.9. The SMILES string of the molecule is CC[C@@H](C)n1ncn(-c2ccc(N3CCN(c4ccc(OC(c5ccc(F)cc5F)[C@H]5CO[C@H](Cn6cncn6)C5)cc4)CC3)cc2)c1=O. The van der Waals surface area contributed by atoms with E-state index in [9.17, 15) is 9.18 Å². The molecule has 0 radical (unpaired) electrons. The molecule has 0 spiro atoms. The quantitative estimate of drug-likeness (QED) is 0.184. The largest absolute Gasteiger partial charge is 0.485 e. The van der Waals surface area contributed by atoms with E-state index in [0.717, 1.165) is 55.7 Å². The van der Waals surface area contributed by atoms with Crippen molar-refractivity contribution in [3.05, 3.63) is 113 Å². The van der Waals surface area contributed by atoms with E-state index in [4.69, 9.17) is 9.47 Å². The zero-order valence-electron chi connectivity index (χ0n) is 27.6. The van der Waals surface area contributed by atoms with Crippen LogP contribution in [0.25, 0.3) is 5.69 Å². The van der Waals surface area contributed by atoms with Crippen LogP contribution >= 0.6 is 0 Å². The van der Waals surface area contributed by atoms with Gasteiger partial charge in [0.1, 0.15) is 42.5 Å². The number of hydrogen-bond donors (Lipinski definition) is 0. The molecule has 1 unspecified atom stereocenters. The molecule has 49 heavy (non-hydrogen) atoms. The van der Waals surface area contributed by atoms with Gasteiger partial charge in [0.05, 0.1) is 31.0 Å². The van der Waals surface area contributed by atoms with E-state index in [-0.39, 0.29) is 23.8 Å². The maximum Gasteiger partial charge on any atom is 0.350 e. The Hall–Kier alpha value is -5.04. The van der Waals surface area contributed by atoms with Gasteiger partial charge in [-0.1, -0.05) is 6.92 Å². The predicted octanol–water partition coefficient (Wildman–Crippen LogP) is 5.43. The van der Waals surface area contributed by atoms with Crippen molar-refractivity contribution in [2.75, 3.05) is 42.6 Å². The molecule has 0 amide bonds. The Morgan fingerprint density at radius 2 is 1.57 bits per heavy atom. The third kappa shape index (κ3) is 7.07. The first kappa shape index (κ1) is 32.5. The van der Waals surface area contributed by atoms with E-state index in [1.165, 1.54) is 23.1 Å². The molecule has 2 aromatic heterocycles. The van der Waals surface area contributed by atoms with Gasteiger partial charge in [-0.05, 0) is 80.4 Å². The Morgan fingerprint density at radius 1 is 0.898 bits per heavy atom. The fourth-order valence-electron chi connectivity index (χ4n) is 6.65. The Morgan fingerprint density at radius 3 is 2.20 bits per heavy atom. The van der Waals surface area contributed by atoms with Crippen molar-refractivity contribution in [2.45, 2.75) is 51.5 Å². The highest BCUT2D eigenvalue weighted by Crippen LogP contribution is 2.38. The van der Waals surface area contributed by atoms with E-state index in [1.807, 2.05) is 50.2 Å². The van der Waals surface area contributed by atoms with Gasteiger partial charge in [0.2, 0.25) is 0 Å². The van der Waals surface area contributed by atoms with Gasteiger partial charge in [-0.15, -0.1) is 0 Å². The number of benzene rings is 3. The lowest BCUT2D eigenvalue weighted by molar-refractivity contribution is 0.0755. The van der Waals surface area contributed by atoms with E-state index >= 15 is 4.39 Å². The van der Waals surface area contributed by atoms with Gasteiger partial charge in [0.25, 0.3) is 0 Å². The van der Waals surface area contributed by atoms with Gasteiger partial charge in [-0.25, -0.2) is 27.8 Å². The van der Waals surface area contributed by atoms with Crippen LogP contribution in [-0.4, -0.2) is 68.0 Å². The molecule has 2 aliphatic heterocycles. The molecule has 13 heteroatoms. The Kier molecular flexibility index (Phi) is 9.43. The first-order valence-corrected chi connectivity index (χ1v) is 16.8. The number of nitrogens with zero attached hydrogens (tertiary/aromatic N) is 8. The third-order valence-electron chi connectivity index (χ3n) is 9.61. The molecule has 3 aromatic carbocycles. The summed E-state index contributed by atoms with van der Waals surface area (Å²) in [6.45, 7) is 8.29. The second-order valence-corrected chi connectivity index (χ2v) is 12.7. The van der Waals surface area contributed by atoms with Crippen LogP contribution < -0.4 is 20.2 Å². The van der Waals surface area contributed by atoms with E-state index in [0.29, 0.717) is 30.9 Å². The summed E-state index contributed by atoms with van der Waals surface area (Å²) in [6, 6.07) is 19.6. The summed E-state index contributed by atoms with van der Waals surface area (Å²) in [6.07, 6.45) is 5.39. The van der Waals surface area contributed by atoms with Crippen molar-refractivity contribution in [1.29, 1.82) is 0 Å². The van der Waals surface area contributed by atoms with Gasteiger partial charge in [0, 0.05) is 55.1 Å². The van der Waals surface area contributed by atoms with Crippen molar-refractivity contribution in [1.82, 2.24) is 29.1 Å². The zero-order valence-corrected chi connectivity index (χ0v) is 27.6. The molecule has 7 rings (SSSR count). The number of anilines is 2. The molecule has 0 aliphatic carbocycles. The topological polar surface area (TPSA) is 95.5 Å². The Balaban J connectivity index is 0.982. The van der Waals surface area contributed by atoms with Crippen LogP contribution in [0.2, 0.25) is 0 Å². The van der Waals surface area contributed by atoms with Gasteiger partial charge in [-0.2, -0.15) is 10.2 Å². The molecular weight excluding hydrogens is 630 g/mol. The average molecular weight is 671 g/mol. The lowest BCUT2D eigenvalue weighted by Crippen LogP contribution is -2.46. The number of aromatic nitrogens is 6. The van der Waals surface area contributed by atoms with Crippen LogP contribution in [0.5, 0.6) is 5.75 Å². The van der Waals surface area contributed by atoms with E-state index in [1.54, 1.807) is 21.9 Å². The van der Waals surface area contributed by atoms with Crippen molar-refractivity contribution < 1.29 is 18.3 Å². The molecular formula is C36H40F2N8O3. The van der Waals surface area contributed by atoms with Crippen LogP contribution in [0.15, 0.2) is 90.5 Å². The highest BCUT2D eigenvalue weighted by molar-refractivity contribution is 5.55. The fourth-order valence-corrected chi connectivity index (χ4v) is 6.65. The lowest BCUT2D eigenvalue weighted by atomic mass is 9.92. The molecule has 4 atom stereocenters. The molecule has 2 fully saturated rings. The maximum atomic E-state index is 15.1. The van der Waals surface area contributed by atoms with E-state index < -0.39 is 17.7 Å². The van der Waals surface area contributed by atoms with Gasteiger partial charge in [0.15, 0.2) is 0 Å². The minimum absolute atomic E-state index is 0.0493. The van der Waals surface area contributed by atoms with Gasteiger partial charge >= 0.3 is 5.69 Å². The van der Waals surface area contributed by atoms with Gasteiger partial charge < -0.3 is 19.3 Å². The summed E-state index contributed by atoms with van der Waals surface area (Å²) < 4.78 is 46.2. The van der Waals surface area contributed by atoms with Crippen molar-refractivity contribution in [3.8, 4) is 11.4 Å². The third-order valence-corrected chi connectivity index (χ3v) is 9.61. The first-order valence-electron chi connectivity index (χ1n) is 16.8. The monoisotopic (exact) mass is 670 g/mol. The maximum absolute atomic E-state index is 15.1. The molecule has 256 valence electrons. The fraction of sp³-hybridized carbons (Fsp3) is 0.389. The minimum Gasteiger partial charge on any atom is -0.485 e. The average Bonchev–Trinajstić information content (AvgIpc) is 3.90. The molecule has 2 aliphatic rings. The molecule has 11 nitrogen and oxygen atoms in total.